The van der Waals surface area contributed by atoms with Gasteiger partial charge in [0.2, 0.25) is 5.43 Å². The summed E-state index contributed by atoms with van der Waals surface area (Å²) in [6.07, 6.45) is 1.41. The van der Waals surface area contributed by atoms with Crippen LogP contribution in [0.1, 0.15) is 6.42 Å². The first-order valence-corrected chi connectivity index (χ1v) is 8.50. The van der Waals surface area contributed by atoms with Crippen molar-refractivity contribution < 1.29 is 14.3 Å². The molecule has 1 aromatic heterocycles. The molecule has 0 unspecified atom stereocenters. The smallest absolute Gasteiger partial charge is 0.307 e. The number of benzene rings is 2. The summed E-state index contributed by atoms with van der Waals surface area (Å²) in [5.41, 5.74) is 0.553. The van der Waals surface area contributed by atoms with E-state index in [-0.39, 0.29) is 31.0 Å². The standard InChI is InChI=1S/C19H17ClN2O4/c20-14-5-7-15(8-6-14)25-11-12-26-19(24)9-10-22-17-4-2-1-3-16(17)18(23)13-21-22/h1-8,13H,9-12H2. The highest BCUT2D eigenvalue weighted by Crippen LogP contribution is 2.15. The second kappa shape index (κ2) is 8.49. The summed E-state index contributed by atoms with van der Waals surface area (Å²) >= 11 is 5.80. The van der Waals surface area contributed by atoms with Crippen LogP contribution >= 0.6 is 11.6 Å². The summed E-state index contributed by atoms with van der Waals surface area (Å²) in [4.78, 5) is 23.7. The summed E-state index contributed by atoms with van der Waals surface area (Å²) in [5.74, 6) is 0.309. The van der Waals surface area contributed by atoms with Crippen LogP contribution in [0, 0.1) is 0 Å². The number of halogens is 1. The number of ether oxygens (including phenoxy) is 2. The molecule has 0 N–H and O–H groups in total. The zero-order valence-corrected chi connectivity index (χ0v) is 14.7. The molecule has 3 rings (SSSR count). The summed E-state index contributed by atoms with van der Waals surface area (Å²) < 4.78 is 12.2. The van der Waals surface area contributed by atoms with E-state index in [1.165, 1.54) is 6.20 Å². The number of hydrogen-bond acceptors (Lipinski definition) is 5. The minimum Gasteiger partial charge on any atom is -0.490 e. The molecule has 0 saturated carbocycles. The summed E-state index contributed by atoms with van der Waals surface area (Å²) in [6.45, 7) is 0.740. The van der Waals surface area contributed by atoms with Crippen LogP contribution in [0.5, 0.6) is 5.75 Å². The molecule has 1 heterocycles. The van der Waals surface area contributed by atoms with Crippen molar-refractivity contribution in [3.05, 3.63) is 70.0 Å². The lowest BCUT2D eigenvalue weighted by Crippen LogP contribution is -2.17. The van der Waals surface area contributed by atoms with Gasteiger partial charge in [-0.2, -0.15) is 5.10 Å². The Kier molecular flexibility index (Phi) is 5.86. The number of carbonyl (C=O) groups excluding carboxylic acids is 1. The topological polar surface area (TPSA) is 70.4 Å². The molecule has 7 heteroatoms. The van der Waals surface area contributed by atoms with Gasteiger partial charge in [0.05, 0.1) is 24.7 Å². The molecule has 0 radical (unpaired) electrons. The number of hydrogen-bond donors (Lipinski definition) is 0. The molecule has 2 aromatic carbocycles. The highest BCUT2D eigenvalue weighted by atomic mass is 35.5. The van der Waals surface area contributed by atoms with Crippen LogP contribution in [0.3, 0.4) is 0 Å². The Balaban J connectivity index is 1.46. The molecule has 3 aromatic rings. The van der Waals surface area contributed by atoms with Gasteiger partial charge >= 0.3 is 5.97 Å². The first-order valence-electron chi connectivity index (χ1n) is 8.12. The highest BCUT2D eigenvalue weighted by molar-refractivity contribution is 6.30. The van der Waals surface area contributed by atoms with E-state index in [0.717, 1.165) is 0 Å². The molecular formula is C19H17ClN2O4. The van der Waals surface area contributed by atoms with Gasteiger partial charge in [0.1, 0.15) is 19.0 Å². The van der Waals surface area contributed by atoms with Crippen molar-refractivity contribution in [2.24, 2.45) is 0 Å². The van der Waals surface area contributed by atoms with E-state index in [9.17, 15) is 9.59 Å². The lowest BCUT2D eigenvalue weighted by molar-refractivity contribution is -0.144. The van der Waals surface area contributed by atoms with E-state index in [1.807, 2.05) is 6.07 Å². The van der Waals surface area contributed by atoms with Crippen LogP contribution in [-0.4, -0.2) is 29.0 Å². The van der Waals surface area contributed by atoms with Crippen molar-refractivity contribution >= 4 is 28.5 Å². The number of fused-ring (bicyclic) bond motifs is 1. The van der Waals surface area contributed by atoms with Crippen molar-refractivity contribution in [2.75, 3.05) is 13.2 Å². The number of aryl methyl sites for hydroxylation is 1. The van der Waals surface area contributed by atoms with Gasteiger partial charge in [0.15, 0.2) is 0 Å². The van der Waals surface area contributed by atoms with E-state index >= 15 is 0 Å². The average Bonchev–Trinajstić information content (AvgIpc) is 2.66. The van der Waals surface area contributed by atoms with E-state index in [2.05, 4.69) is 5.10 Å². The molecule has 0 bridgehead atoms. The third kappa shape index (κ3) is 4.61. The molecule has 6 nitrogen and oxygen atoms in total. The second-order valence-electron chi connectivity index (χ2n) is 5.52. The number of aromatic nitrogens is 2. The van der Waals surface area contributed by atoms with Crippen molar-refractivity contribution in [1.29, 1.82) is 0 Å². The molecule has 0 aliphatic heterocycles. The molecule has 0 aliphatic rings. The Morgan fingerprint density at radius 1 is 1.08 bits per heavy atom. The first kappa shape index (κ1) is 17.9. The minimum absolute atomic E-state index is 0.140. The van der Waals surface area contributed by atoms with Crippen molar-refractivity contribution in [1.82, 2.24) is 9.78 Å². The van der Waals surface area contributed by atoms with Crippen LogP contribution < -0.4 is 10.2 Å². The molecule has 26 heavy (non-hydrogen) atoms. The molecule has 0 atom stereocenters. The largest absolute Gasteiger partial charge is 0.490 e. The Hall–Kier alpha value is -2.86. The van der Waals surface area contributed by atoms with Gasteiger partial charge < -0.3 is 9.47 Å². The second-order valence-corrected chi connectivity index (χ2v) is 5.96. The predicted molar refractivity (Wildman–Crippen MR) is 98.5 cm³/mol. The lowest BCUT2D eigenvalue weighted by atomic mass is 10.2. The molecule has 134 valence electrons. The van der Waals surface area contributed by atoms with Gasteiger partial charge in [-0.3, -0.25) is 14.3 Å². The van der Waals surface area contributed by atoms with Crippen LogP contribution in [0.15, 0.2) is 59.5 Å². The quantitative estimate of drug-likeness (QED) is 0.471. The highest BCUT2D eigenvalue weighted by Gasteiger charge is 2.07. The maximum Gasteiger partial charge on any atom is 0.307 e. The van der Waals surface area contributed by atoms with Gasteiger partial charge in [0, 0.05) is 10.4 Å². The minimum atomic E-state index is -0.353. The fourth-order valence-electron chi connectivity index (χ4n) is 2.45. The Labute approximate surface area is 154 Å². The van der Waals surface area contributed by atoms with Crippen molar-refractivity contribution in [3.63, 3.8) is 0 Å². The van der Waals surface area contributed by atoms with Crippen molar-refractivity contribution in [2.45, 2.75) is 13.0 Å². The van der Waals surface area contributed by atoms with Crippen molar-refractivity contribution in [3.8, 4) is 5.75 Å². The van der Waals surface area contributed by atoms with Gasteiger partial charge in [0.25, 0.3) is 0 Å². The number of carbonyl (C=O) groups is 1. The Bertz CT molecular complexity index is 954. The van der Waals surface area contributed by atoms with Crippen LogP contribution in [-0.2, 0) is 16.1 Å². The number of rotatable bonds is 7. The maximum absolute atomic E-state index is 11.9. The number of esters is 1. The van der Waals surface area contributed by atoms with E-state index in [0.29, 0.717) is 28.2 Å². The molecule has 0 aliphatic carbocycles. The first-order chi connectivity index (χ1) is 12.6. The molecular weight excluding hydrogens is 356 g/mol. The normalized spacial score (nSPS) is 10.7. The fourth-order valence-corrected chi connectivity index (χ4v) is 2.58. The van der Waals surface area contributed by atoms with Gasteiger partial charge in [-0.1, -0.05) is 23.7 Å². The fraction of sp³-hybridized carbons (Fsp3) is 0.211. The summed E-state index contributed by atoms with van der Waals surface area (Å²) in [7, 11) is 0. The molecule has 0 saturated heterocycles. The zero-order chi connectivity index (χ0) is 18.4. The molecule has 0 fully saturated rings. The van der Waals surface area contributed by atoms with Crippen LogP contribution in [0.4, 0.5) is 0 Å². The van der Waals surface area contributed by atoms with Crippen LogP contribution in [0.2, 0.25) is 5.02 Å². The third-order valence-corrected chi connectivity index (χ3v) is 3.97. The Morgan fingerprint density at radius 2 is 1.85 bits per heavy atom. The monoisotopic (exact) mass is 372 g/mol. The molecule has 0 amide bonds. The van der Waals surface area contributed by atoms with E-state index < -0.39 is 0 Å². The molecule has 0 spiro atoms. The Morgan fingerprint density at radius 3 is 2.65 bits per heavy atom. The lowest BCUT2D eigenvalue weighted by Gasteiger charge is -2.10. The van der Waals surface area contributed by atoms with E-state index in [1.54, 1.807) is 47.1 Å². The number of para-hydroxylation sites is 1. The SMILES string of the molecule is O=C(CCn1ncc(=O)c2ccccc21)OCCOc1ccc(Cl)cc1. The van der Waals surface area contributed by atoms with E-state index in [4.69, 9.17) is 21.1 Å². The van der Waals surface area contributed by atoms with Gasteiger partial charge in [-0.15, -0.1) is 0 Å². The zero-order valence-electron chi connectivity index (χ0n) is 13.9. The summed E-state index contributed by atoms with van der Waals surface area (Å²) in [6, 6.07) is 14.1. The summed E-state index contributed by atoms with van der Waals surface area (Å²) in [5, 5.41) is 5.29. The van der Waals surface area contributed by atoms with Gasteiger partial charge in [-0.25, -0.2) is 0 Å². The number of nitrogens with zero attached hydrogens (tertiary/aromatic N) is 2. The third-order valence-electron chi connectivity index (χ3n) is 3.72. The van der Waals surface area contributed by atoms with Gasteiger partial charge in [-0.05, 0) is 36.4 Å². The predicted octanol–water partition coefficient (Wildman–Crippen LogP) is 3.06. The average molecular weight is 373 g/mol. The maximum atomic E-state index is 11.9. The van der Waals surface area contributed by atoms with Crippen LogP contribution in [0.25, 0.3) is 10.9 Å².